The zero-order valence-corrected chi connectivity index (χ0v) is 11.4. The molecule has 1 aromatic carbocycles. The Bertz CT molecular complexity index is 454. The van der Waals surface area contributed by atoms with E-state index < -0.39 is 10.8 Å². The molecule has 0 aliphatic rings. The second-order valence-electron chi connectivity index (χ2n) is 3.52. The van der Waals surface area contributed by atoms with Crippen LogP contribution in [0.1, 0.15) is 16.8 Å². The SMILES string of the molecule is CSCCCNC(=O)c1cc(Cl)ccc1[N+](=O)[O-]. The summed E-state index contributed by atoms with van der Waals surface area (Å²) in [5, 5.41) is 13.7. The summed E-state index contributed by atoms with van der Waals surface area (Å²) in [4.78, 5) is 22.0. The third-order valence-corrected chi connectivity index (χ3v) is 3.14. The van der Waals surface area contributed by atoms with Crippen molar-refractivity contribution in [2.45, 2.75) is 6.42 Å². The van der Waals surface area contributed by atoms with E-state index in [9.17, 15) is 14.9 Å². The van der Waals surface area contributed by atoms with E-state index in [2.05, 4.69) is 5.32 Å². The number of hydrogen-bond acceptors (Lipinski definition) is 4. The first-order chi connectivity index (χ1) is 8.56. The van der Waals surface area contributed by atoms with Crippen LogP contribution in [0.3, 0.4) is 0 Å². The Morgan fingerprint density at radius 2 is 2.28 bits per heavy atom. The molecule has 1 aromatic rings. The van der Waals surface area contributed by atoms with Gasteiger partial charge in [-0.1, -0.05) is 11.6 Å². The predicted molar refractivity (Wildman–Crippen MR) is 73.4 cm³/mol. The molecule has 0 aliphatic heterocycles. The number of hydrogen-bond donors (Lipinski definition) is 1. The summed E-state index contributed by atoms with van der Waals surface area (Å²) in [6.45, 7) is 0.489. The molecule has 1 amide bonds. The van der Waals surface area contributed by atoms with Crippen LogP contribution in [0.15, 0.2) is 18.2 Å². The number of halogens is 1. The number of carbonyl (C=O) groups is 1. The topological polar surface area (TPSA) is 72.2 Å². The first kappa shape index (κ1) is 14.8. The molecule has 0 saturated heterocycles. The summed E-state index contributed by atoms with van der Waals surface area (Å²) in [6, 6.07) is 3.94. The van der Waals surface area contributed by atoms with Gasteiger partial charge in [0.2, 0.25) is 0 Å². The standard InChI is InChI=1S/C11H13ClN2O3S/c1-18-6-2-5-13-11(15)9-7-8(12)3-4-10(9)14(16)17/h3-4,7H,2,5-6H2,1H3,(H,13,15). The minimum Gasteiger partial charge on any atom is -0.352 e. The Labute approximate surface area is 114 Å². The first-order valence-electron chi connectivity index (χ1n) is 5.27. The van der Waals surface area contributed by atoms with E-state index in [4.69, 9.17) is 11.6 Å². The highest BCUT2D eigenvalue weighted by Crippen LogP contribution is 2.22. The molecule has 0 unspecified atom stereocenters. The fourth-order valence-corrected chi connectivity index (χ4v) is 1.97. The second kappa shape index (κ2) is 7.23. The van der Waals surface area contributed by atoms with Crippen LogP contribution in [0.5, 0.6) is 0 Å². The quantitative estimate of drug-likeness (QED) is 0.496. The number of nitro benzene ring substituents is 1. The summed E-state index contributed by atoms with van der Waals surface area (Å²) in [7, 11) is 0. The normalized spacial score (nSPS) is 10.1. The minimum atomic E-state index is -0.590. The van der Waals surface area contributed by atoms with Crippen molar-refractivity contribution in [1.82, 2.24) is 5.32 Å². The van der Waals surface area contributed by atoms with E-state index in [-0.39, 0.29) is 11.3 Å². The Balaban J connectivity index is 2.77. The molecule has 18 heavy (non-hydrogen) atoms. The molecule has 0 bridgehead atoms. The Morgan fingerprint density at radius 3 is 2.89 bits per heavy atom. The van der Waals surface area contributed by atoms with Gasteiger partial charge in [0.25, 0.3) is 11.6 Å². The van der Waals surface area contributed by atoms with Crippen molar-refractivity contribution < 1.29 is 9.72 Å². The Morgan fingerprint density at radius 1 is 1.56 bits per heavy atom. The van der Waals surface area contributed by atoms with Gasteiger partial charge in [-0.15, -0.1) is 0 Å². The van der Waals surface area contributed by atoms with Gasteiger partial charge in [0.05, 0.1) is 4.92 Å². The molecule has 98 valence electrons. The number of benzene rings is 1. The minimum absolute atomic E-state index is 0.00310. The van der Waals surface area contributed by atoms with Crippen LogP contribution in [0, 0.1) is 10.1 Å². The van der Waals surface area contributed by atoms with Gasteiger partial charge >= 0.3 is 0 Å². The zero-order valence-electron chi connectivity index (χ0n) is 9.81. The summed E-state index contributed by atoms with van der Waals surface area (Å²) in [6.07, 6.45) is 2.80. The van der Waals surface area contributed by atoms with Gasteiger partial charge in [-0.3, -0.25) is 14.9 Å². The van der Waals surface area contributed by atoms with Crippen molar-refractivity contribution in [3.05, 3.63) is 38.9 Å². The molecule has 0 radical (unpaired) electrons. The summed E-state index contributed by atoms with van der Waals surface area (Å²) >= 11 is 7.42. The molecule has 0 saturated carbocycles. The lowest BCUT2D eigenvalue weighted by Crippen LogP contribution is -2.25. The highest BCUT2D eigenvalue weighted by molar-refractivity contribution is 7.98. The number of nitrogens with one attached hydrogen (secondary N) is 1. The number of rotatable bonds is 6. The van der Waals surface area contributed by atoms with Gasteiger partial charge < -0.3 is 5.32 Å². The fourth-order valence-electron chi connectivity index (χ4n) is 1.36. The summed E-state index contributed by atoms with van der Waals surface area (Å²) in [5.74, 6) is 0.461. The Kier molecular flexibility index (Phi) is 5.94. The van der Waals surface area contributed by atoms with Gasteiger partial charge in [-0.05, 0) is 30.6 Å². The molecule has 0 atom stereocenters. The summed E-state index contributed by atoms with van der Waals surface area (Å²) < 4.78 is 0. The Hall–Kier alpha value is -1.27. The molecule has 1 rings (SSSR count). The van der Waals surface area contributed by atoms with E-state index in [1.807, 2.05) is 6.26 Å². The zero-order chi connectivity index (χ0) is 13.5. The first-order valence-corrected chi connectivity index (χ1v) is 7.04. The molecular weight excluding hydrogens is 276 g/mol. The molecule has 1 N–H and O–H groups in total. The summed E-state index contributed by atoms with van der Waals surface area (Å²) in [5.41, 5.74) is -0.238. The van der Waals surface area contributed by atoms with Crippen molar-refractivity contribution in [2.75, 3.05) is 18.6 Å². The predicted octanol–water partition coefficient (Wildman–Crippen LogP) is 2.73. The fraction of sp³-hybridized carbons (Fsp3) is 0.364. The van der Waals surface area contributed by atoms with Crippen LogP contribution in [0.2, 0.25) is 5.02 Å². The number of amides is 1. The highest BCUT2D eigenvalue weighted by atomic mass is 35.5. The number of nitrogens with zero attached hydrogens (tertiary/aromatic N) is 1. The number of nitro groups is 1. The van der Waals surface area contributed by atoms with Crippen molar-refractivity contribution in [1.29, 1.82) is 0 Å². The molecule has 0 heterocycles. The van der Waals surface area contributed by atoms with Crippen LogP contribution < -0.4 is 5.32 Å². The molecule has 7 heteroatoms. The van der Waals surface area contributed by atoms with E-state index in [0.717, 1.165) is 12.2 Å². The van der Waals surface area contributed by atoms with Crippen LogP contribution in [-0.4, -0.2) is 29.4 Å². The van der Waals surface area contributed by atoms with E-state index >= 15 is 0 Å². The molecular formula is C11H13ClN2O3S. The van der Waals surface area contributed by atoms with Gasteiger partial charge in [0.15, 0.2) is 0 Å². The van der Waals surface area contributed by atoms with E-state index in [1.165, 1.54) is 18.2 Å². The number of thioether (sulfide) groups is 1. The molecule has 0 spiro atoms. The van der Waals surface area contributed by atoms with Gasteiger partial charge in [0, 0.05) is 17.6 Å². The number of carbonyl (C=O) groups excluding carboxylic acids is 1. The van der Waals surface area contributed by atoms with Crippen LogP contribution in [0.4, 0.5) is 5.69 Å². The molecule has 0 aromatic heterocycles. The van der Waals surface area contributed by atoms with Crippen LogP contribution >= 0.6 is 23.4 Å². The van der Waals surface area contributed by atoms with Crippen molar-refractivity contribution in [3.8, 4) is 0 Å². The third-order valence-electron chi connectivity index (χ3n) is 2.21. The van der Waals surface area contributed by atoms with Crippen molar-refractivity contribution in [3.63, 3.8) is 0 Å². The van der Waals surface area contributed by atoms with Crippen LogP contribution in [-0.2, 0) is 0 Å². The van der Waals surface area contributed by atoms with Crippen LogP contribution in [0.25, 0.3) is 0 Å². The lowest BCUT2D eigenvalue weighted by Gasteiger charge is -2.05. The third kappa shape index (κ3) is 4.19. The lowest BCUT2D eigenvalue weighted by atomic mass is 10.1. The maximum atomic E-state index is 11.8. The average Bonchev–Trinajstić information content (AvgIpc) is 2.34. The highest BCUT2D eigenvalue weighted by Gasteiger charge is 2.19. The van der Waals surface area contributed by atoms with Gasteiger partial charge in [0.1, 0.15) is 5.56 Å². The van der Waals surface area contributed by atoms with E-state index in [1.54, 1.807) is 11.8 Å². The maximum Gasteiger partial charge on any atom is 0.282 e. The average molecular weight is 289 g/mol. The molecule has 5 nitrogen and oxygen atoms in total. The maximum absolute atomic E-state index is 11.8. The van der Waals surface area contributed by atoms with Gasteiger partial charge in [-0.25, -0.2) is 0 Å². The smallest absolute Gasteiger partial charge is 0.282 e. The van der Waals surface area contributed by atoms with Crippen molar-refractivity contribution >= 4 is 35.0 Å². The van der Waals surface area contributed by atoms with Gasteiger partial charge in [-0.2, -0.15) is 11.8 Å². The lowest BCUT2D eigenvalue weighted by molar-refractivity contribution is -0.385. The second-order valence-corrected chi connectivity index (χ2v) is 4.94. The molecule has 0 fully saturated rings. The largest absolute Gasteiger partial charge is 0.352 e. The molecule has 0 aliphatic carbocycles. The monoisotopic (exact) mass is 288 g/mol. The van der Waals surface area contributed by atoms with E-state index in [0.29, 0.717) is 11.6 Å². The van der Waals surface area contributed by atoms with Crippen molar-refractivity contribution in [2.24, 2.45) is 0 Å².